The maximum absolute atomic E-state index is 11.7. The molecule has 0 unspecified atom stereocenters. The summed E-state index contributed by atoms with van der Waals surface area (Å²) in [6, 6.07) is 9.53. The van der Waals surface area contributed by atoms with Crippen molar-refractivity contribution < 1.29 is 8.42 Å². The second-order valence-electron chi connectivity index (χ2n) is 7.50. The van der Waals surface area contributed by atoms with Gasteiger partial charge in [0, 0.05) is 41.7 Å². The monoisotopic (exact) mass is 489 g/mol. The van der Waals surface area contributed by atoms with Crippen LogP contribution >= 0.6 is 23.4 Å². The second kappa shape index (κ2) is 9.66. The number of nitrogens with one attached hydrogen (secondary N) is 2. The van der Waals surface area contributed by atoms with Gasteiger partial charge in [-0.05, 0) is 31.2 Å². The molecule has 7 nitrogen and oxygen atoms in total. The van der Waals surface area contributed by atoms with Crippen molar-refractivity contribution in [3.05, 3.63) is 64.1 Å². The van der Waals surface area contributed by atoms with Gasteiger partial charge in [-0.3, -0.25) is 15.0 Å². The molecule has 1 saturated heterocycles. The number of benzene rings is 1. The predicted octanol–water partition coefficient (Wildman–Crippen LogP) is 4.53. The van der Waals surface area contributed by atoms with E-state index in [0.29, 0.717) is 30.5 Å². The lowest BCUT2D eigenvalue weighted by Crippen LogP contribution is -2.40. The number of nitrogens with zero attached hydrogens (tertiary/aromatic N) is 3. The number of hydrogen-bond acceptors (Lipinski definition) is 7. The molecule has 1 aliphatic heterocycles. The van der Waals surface area contributed by atoms with Gasteiger partial charge >= 0.3 is 0 Å². The van der Waals surface area contributed by atoms with E-state index in [-0.39, 0.29) is 11.5 Å². The minimum Gasteiger partial charge on any atom is -0.333 e. The summed E-state index contributed by atoms with van der Waals surface area (Å²) in [7, 11) is -2.89. The zero-order valence-electron chi connectivity index (χ0n) is 17.6. The molecule has 32 heavy (non-hydrogen) atoms. The van der Waals surface area contributed by atoms with Crippen molar-refractivity contribution in [3.8, 4) is 11.3 Å². The van der Waals surface area contributed by atoms with Crippen LogP contribution in [0.15, 0.2) is 59.1 Å². The van der Waals surface area contributed by atoms with Crippen molar-refractivity contribution in [3.63, 3.8) is 0 Å². The van der Waals surface area contributed by atoms with Crippen LogP contribution in [0.2, 0.25) is 5.02 Å². The molecule has 0 spiro atoms. The summed E-state index contributed by atoms with van der Waals surface area (Å²) in [5.74, 6) is 1.11. The first kappa shape index (κ1) is 22.8. The van der Waals surface area contributed by atoms with Gasteiger partial charge in [-0.2, -0.15) is 5.10 Å². The maximum atomic E-state index is 11.7. The van der Waals surface area contributed by atoms with Crippen molar-refractivity contribution in [1.82, 2.24) is 20.1 Å². The van der Waals surface area contributed by atoms with Gasteiger partial charge < -0.3 is 5.32 Å². The fourth-order valence-corrected chi connectivity index (χ4v) is 5.82. The molecule has 1 aliphatic rings. The standard InChI is InChI=1S/C22H24ClN5O2S2/c1-3-17(14-28-9-11-32(29,30)12-10-28)31-15(2)25-22-18-13-16(6-7-20(18)26-27-22)21-19(23)5-4-8-24-21/h3-8,13H,2,9-12,14H2,1H3,(H2,25,26,27)/b17-3-. The number of rotatable bonds is 7. The lowest BCUT2D eigenvalue weighted by molar-refractivity contribution is 0.325. The van der Waals surface area contributed by atoms with E-state index < -0.39 is 9.84 Å². The molecule has 0 bridgehead atoms. The zero-order valence-corrected chi connectivity index (χ0v) is 20.0. The fourth-order valence-electron chi connectivity index (χ4n) is 3.48. The average Bonchev–Trinajstić information content (AvgIpc) is 3.16. The second-order valence-corrected chi connectivity index (χ2v) is 11.4. The predicted molar refractivity (Wildman–Crippen MR) is 134 cm³/mol. The number of fused-ring (bicyclic) bond motifs is 1. The van der Waals surface area contributed by atoms with Crippen LogP contribution in [0.1, 0.15) is 6.92 Å². The Morgan fingerprint density at radius 3 is 2.84 bits per heavy atom. The van der Waals surface area contributed by atoms with Crippen molar-refractivity contribution in [1.29, 1.82) is 0 Å². The number of thioether (sulfide) groups is 1. The van der Waals surface area contributed by atoms with Crippen LogP contribution in [0.25, 0.3) is 22.2 Å². The van der Waals surface area contributed by atoms with E-state index in [1.165, 1.54) is 11.8 Å². The Balaban J connectivity index is 1.45. The van der Waals surface area contributed by atoms with Crippen LogP contribution in [0.4, 0.5) is 5.82 Å². The molecule has 3 heterocycles. The number of halogens is 1. The number of aromatic amines is 1. The minimum absolute atomic E-state index is 0.218. The number of pyridine rings is 1. The Hall–Kier alpha value is -2.33. The van der Waals surface area contributed by atoms with Gasteiger partial charge in [0.25, 0.3) is 0 Å². The van der Waals surface area contributed by atoms with E-state index >= 15 is 0 Å². The summed E-state index contributed by atoms with van der Waals surface area (Å²) in [5.41, 5.74) is 2.51. The normalized spacial score (nSPS) is 16.9. The molecular formula is C22H24ClN5O2S2. The molecule has 0 saturated carbocycles. The first-order valence-electron chi connectivity index (χ1n) is 10.2. The van der Waals surface area contributed by atoms with Gasteiger partial charge in [0.2, 0.25) is 0 Å². The summed E-state index contributed by atoms with van der Waals surface area (Å²) < 4.78 is 23.3. The summed E-state index contributed by atoms with van der Waals surface area (Å²) in [6.07, 6.45) is 3.75. The highest BCUT2D eigenvalue weighted by Gasteiger charge is 2.22. The summed E-state index contributed by atoms with van der Waals surface area (Å²) >= 11 is 7.84. The number of aromatic nitrogens is 3. The van der Waals surface area contributed by atoms with Crippen LogP contribution in [-0.4, -0.2) is 59.6 Å². The lowest BCUT2D eigenvalue weighted by Gasteiger charge is -2.27. The van der Waals surface area contributed by atoms with Gasteiger partial charge in [-0.15, -0.1) is 0 Å². The minimum atomic E-state index is -2.89. The lowest BCUT2D eigenvalue weighted by atomic mass is 10.1. The smallest absolute Gasteiger partial charge is 0.160 e. The van der Waals surface area contributed by atoms with Crippen molar-refractivity contribution in [2.75, 3.05) is 36.5 Å². The fraction of sp³-hybridized carbons (Fsp3) is 0.273. The first-order valence-corrected chi connectivity index (χ1v) is 13.2. The third-order valence-electron chi connectivity index (χ3n) is 5.25. The van der Waals surface area contributed by atoms with E-state index in [1.807, 2.05) is 37.3 Å². The summed E-state index contributed by atoms with van der Waals surface area (Å²) in [5, 5.41) is 13.0. The molecule has 10 heteroatoms. The van der Waals surface area contributed by atoms with E-state index in [0.717, 1.165) is 32.1 Å². The summed E-state index contributed by atoms with van der Waals surface area (Å²) in [4.78, 5) is 7.65. The molecule has 0 aliphatic carbocycles. The topological polar surface area (TPSA) is 91.0 Å². The number of sulfone groups is 1. The van der Waals surface area contributed by atoms with Gasteiger partial charge in [0.15, 0.2) is 15.7 Å². The maximum Gasteiger partial charge on any atom is 0.160 e. The molecule has 168 valence electrons. The molecule has 1 fully saturated rings. The van der Waals surface area contributed by atoms with Crippen LogP contribution in [0.3, 0.4) is 0 Å². The van der Waals surface area contributed by atoms with E-state index in [4.69, 9.17) is 11.6 Å². The number of allylic oxidation sites excluding steroid dienone is 1. The molecule has 0 atom stereocenters. The van der Waals surface area contributed by atoms with Crippen molar-refractivity contribution in [2.24, 2.45) is 0 Å². The average molecular weight is 490 g/mol. The Morgan fingerprint density at radius 2 is 2.12 bits per heavy atom. The van der Waals surface area contributed by atoms with Crippen LogP contribution in [-0.2, 0) is 9.84 Å². The zero-order chi connectivity index (χ0) is 22.7. The Kier molecular flexibility index (Phi) is 6.90. The highest BCUT2D eigenvalue weighted by atomic mass is 35.5. The number of H-pyrrole nitrogens is 1. The van der Waals surface area contributed by atoms with E-state index in [1.54, 1.807) is 12.3 Å². The Morgan fingerprint density at radius 1 is 1.34 bits per heavy atom. The Bertz CT molecular complexity index is 1270. The first-order chi connectivity index (χ1) is 15.3. The van der Waals surface area contributed by atoms with Crippen LogP contribution < -0.4 is 5.32 Å². The number of anilines is 1. The molecule has 1 aromatic carbocycles. The van der Waals surface area contributed by atoms with E-state index in [2.05, 4.69) is 32.0 Å². The van der Waals surface area contributed by atoms with Crippen molar-refractivity contribution in [2.45, 2.75) is 6.92 Å². The highest BCUT2D eigenvalue weighted by Crippen LogP contribution is 2.32. The summed E-state index contributed by atoms with van der Waals surface area (Å²) in [6.45, 7) is 7.93. The molecule has 2 N–H and O–H groups in total. The molecule has 0 radical (unpaired) electrons. The number of hydrogen-bond donors (Lipinski definition) is 2. The SMILES string of the molecule is C=C(Nc1n[nH]c2ccc(-c3ncccc3Cl)cc12)S/C(=C\C)CN1CCS(=O)(=O)CC1. The third kappa shape index (κ3) is 5.35. The largest absolute Gasteiger partial charge is 0.333 e. The quantitative estimate of drug-likeness (QED) is 0.503. The Labute approximate surface area is 196 Å². The van der Waals surface area contributed by atoms with Gasteiger partial charge in [0.1, 0.15) is 0 Å². The molecule has 0 amide bonds. The van der Waals surface area contributed by atoms with Crippen molar-refractivity contribution >= 4 is 49.9 Å². The molecule has 3 aromatic rings. The van der Waals surface area contributed by atoms with Crippen LogP contribution in [0.5, 0.6) is 0 Å². The molecular weight excluding hydrogens is 466 g/mol. The van der Waals surface area contributed by atoms with Gasteiger partial charge in [0.05, 0.1) is 32.8 Å². The van der Waals surface area contributed by atoms with Crippen LogP contribution in [0, 0.1) is 0 Å². The van der Waals surface area contributed by atoms with Gasteiger partial charge in [-0.25, -0.2) is 8.42 Å². The highest BCUT2D eigenvalue weighted by molar-refractivity contribution is 8.06. The molecule has 4 rings (SSSR count). The molecule has 2 aromatic heterocycles. The van der Waals surface area contributed by atoms with E-state index in [9.17, 15) is 8.42 Å². The third-order valence-corrected chi connectivity index (χ3v) is 8.13. The van der Waals surface area contributed by atoms with Gasteiger partial charge in [-0.1, -0.05) is 42.1 Å².